The van der Waals surface area contributed by atoms with Gasteiger partial charge in [-0.05, 0) is 12.2 Å². The van der Waals surface area contributed by atoms with Crippen molar-refractivity contribution in [2.45, 2.75) is 12.5 Å². The van der Waals surface area contributed by atoms with E-state index in [1.165, 1.54) is 4.68 Å². The van der Waals surface area contributed by atoms with Crippen molar-refractivity contribution in [2.75, 3.05) is 16.8 Å². The highest BCUT2D eigenvalue weighted by molar-refractivity contribution is 7.99. The Morgan fingerprint density at radius 3 is 3.20 bits per heavy atom. The van der Waals surface area contributed by atoms with Crippen molar-refractivity contribution in [1.82, 2.24) is 9.78 Å². The van der Waals surface area contributed by atoms with Crippen LogP contribution in [0.4, 0.5) is 5.69 Å². The number of hydrogen-bond acceptors (Lipinski definition) is 4. The maximum absolute atomic E-state index is 11.5. The molecule has 2 rings (SSSR count). The lowest BCUT2D eigenvalue weighted by Gasteiger charge is -2.13. The molecular formula is C9H12ClN3OS. The van der Waals surface area contributed by atoms with Crippen LogP contribution < -0.4 is 10.9 Å². The van der Waals surface area contributed by atoms with Crippen molar-refractivity contribution >= 4 is 29.1 Å². The summed E-state index contributed by atoms with van der Waals surface area (Å²) in [6.45, 7) is 0. The minimum atomic E-state index is -0.257. The molecular weight excluding hydrogens is 234 g/mol. The van der Waals surface area contributed by atoms with Crippen molar-refractivity contribution in [2.24, 2.45) is 7.05 Å². The summed E-state index contributed by atoms with van der Waals surface area (Å²) in [6.07, 6.45) is 2.71. The molecule has 0 saturated carbocycles. The highest BCUT2D eigenvalue weighted by Crippen LogP contribution is 2.23. The number of aryl methyl sites for hydroxylation is 1. The van der Waals surface area contributed by atoms with Gasteiger partial charge in [-0.25, -0.2) is 4.68 Å². The van der Waals surface area contributed by atoms with Crippen LogP contribution in [0.2, 0.25) is 5.02 Å². The molecule has 1 aliphatic rings. The fourth-order valence-electron chi connectivity index (χ4n) is 1.48. The van der Waals surface area contributed by atoms with Crippen LogP contribution in [0.1, 0.15) is 6.42 Å². The summed E-state index contributed by atoms with van der Waals surface area (Å²) >= 11 is 7.84. The van der Waals surface area contributed by atoms with Gasteiger partial charge in [0.1, 0.15) is 5.02 Å². The van der Waals surface area contributed by atoms with Gasteiger partial charge in [-0.3, -0.25) is 4.79 Å². The Labute approximate surface area is 97.0 Å². The van der Waals surface area contributed by atoms with E-state index in [4.69, 9.17) is 11.6 Å². The van der Waals surface area contributed by atoms with E-state index in [0.717, 1.165) is 17.9 Å². The highest BCUT2D eigenvalue weighted by atomic mass is 35.5. The van der Waals surface area contributed by atoms with Crippen molar-refractivity contribution in [3.63, 3.8) is 0 Å². The molecule has 1 saturated heterocycles. The molecule has 0 radical (unpaired) electrons. The number of rotatable bonds is 2. The van der Waals surface area contributed by atoms with Gasteiger partial charge < -0.3 is 5.32 Å². The normalized spacial score (nSPS) is 20.5. The van der Waals surface area contributed by atoms with Crippen LogP contribution in [0.3, 0.4) is 0 Å². The maximum atomic E-state index is 11.5. The van der Waals surface area contributed by atoms with Gasteiger partial charge in [0.05, 0.1) is 11.9 Å². The van der Waals surface area contributed by atoms with Crippen molar-refractivity contribution in [1.29, 1.82) is 0 Å². The van der Waals surface area contributed by atoms with Crippen LogP contribution in [0, 0.1) is 0 Å². The molecule has 0 aliphatic carbocycles. The lowest BCUT2D eigenvalue weighted by atomic mass is 10.2. The molecule has 0 aromatic carbocycles. The summed E-state index contributed by atoms with van der Waals surface area (Å²) in [4.78, 5) is 11.5. The first-order valence-electron chi connectivity index (χ1n) is 4.74. The first-order valence-corrected chi connectivity index (χ1v) is 6.28. The van der Waals surface area contributed by atoms with E-state index >= 15 is 0 Å². The summed E-state index contributed by atoms with van der Waals surface area (Å²) in [6, 6.07) is 0.404. The molecule has 1 N–H and O–H groups in total. The van der Waals surface area contributed by atoms with E-state index in [0.29, 0.717) is 11.7 Å². The second kappa shape index (κ2) is 4.45. The summed E-state index contributed by atoms with van der Waals surface area (Å²) < 4.78 is 1.23. The molecule has 1 atom stereocenters. The second-order valence-electron chi connectivity index (χ2n) is 3.51. The molecule has 1 aromatic heterocycles. The van der Waals surface area contributed by atoms with Crippen LogP contribution in [0.5, 0.6) is 0 Å². The predicted molar refractivity (Wildman–Crippen MR) is 63.8 cm³/mol. The van der Waals surface area contributed by atoms with Gasteiger partial charge in [-0.2, -0.15) is 16.9 Å². The zero-order valence-electron chi connectivity index (χ0n) is 8.36. The van der Waals surface area contributed by atoms with Gasteiger partial charge >= 0.3 is 0 Å². The minimum absolute atomic E-state index is 0.226. The number of nitrogens with one attached hydrogen (secondary N) is 1. The Morgan fingerprint density at radius 1 is 1.73 bits per heavy atom. The largest absolute Gasteiger partial charge is 0.379 e. The van der Waals surface area contributed by atoms with Gasteiger partial charge in [0.25, 0.3) is 5.56 Å². The molecule has 82 valence electrons. The van der Waals surface area contributed by atoms with Gasteiger partial charge in [0, 0.05) is 18.8 Å². The van der Waals surface area contributed by atoms with Gasteiger partial charge in [-0.15, -0.1) is 0 Å². The molecule has 1 fully saturated rings. The monoisotopic (exact) mass is 245 g/mol. The Balaban J connectivity index is 2.21. The van der Waals surface area contributed by atoms with E-state index in [1.807, 2.05) is 11.8 Å². The first-order chi connectivity index (χ1) is 7.18. The van der Waals surface area contributed by atoms with Crippen LogP contribution in [-0.2, 0) is 7.05 Å². The third-order valence-corrected chi connectivity index (χ3v) is 3.90. The Hall–Kier alpha value is -0.680. The molecule has 1 unspecified atom stereocenters. The molecule has 4 nitrogen and oxygen atoms in total. The third kappa shape index (κ3) is 2.29. The lowest BCUT2D eigenvalue weighted by molar-refractivity contribution is 0.705. The smallest absolute Gasteiger partial charge is 0.287 e. The second-order valence-corrected chi connectivity index (χ2v) is 5.03. The zero-order chi connectivity index (χ0) is 10.8. The van der Waals surface area contributed by atoms with E-state index in [-0.39, 0.29) is 10.6 Å². The topological polar surface area (TPSA) is 46.9 Å². The number of hydrogen-bond donors (Lipinski definition) is 1. The Kier molecular flexibility index (Phi) is 3.21. The van der Waals surface area contributed by atoms with E-state index in [2.05, 4.69) is 10.4 Å². The lowest BCUT2D eigenvalue weighted by Crippen LogP contribution is -2.24. The summed E-state index contributed by atoms with van der Waals surface area (Å²) in [5.41, 5.74) is 0.389. The molecule has 1 aromatic rings. The summed E-state index contributed by atoms with van der Waals surface area (Å²) in [7, 11) is 1.59. The average Bonchev–Trinajstić information content (AvgIpc) is 2.72. The van der Waals surface area contributed by atoms with E-state index in [1.54, 1.807) is 13.2 Å². The molecule has 0 spiro atoms. The Morgan fingerprint density at radius 2 is 2.53 bits per heavy atom. The van der Waals surface area contributed by atoms with Crippen molar-refractivity contribution in [3.05, 3.63) is 21.6 Å². The fourth-order valence-corrected chi connectivity index (χ4v) is 2.86. The minimum Gasteiger partial charge on any atom is -0.379 e. The predicted octanol–water partition coefficient (Wildman–Crippen LogP) is 1.35. The van der Waals surface area contributed by atoms with Crippen LogP contribution in [0.25, 0.3) is 0 Å². The molecule has 0 bridgehead atoms. The Bertz CT molecular complexity index is 414. The van der Waals surface area contributed by atoms with Crippen LogP contribution in [0.15, 0.2) is 11.0 Å². The van der Waals surface area contributed by atoms with Crippen molar-refractivity contribution in [3.8, 4) is 0 Å². The van der Waals surface area contributed by atoms with E-state index < -0.39 is 0 Å². The van der Waals surface area contributed by atoms with E-state index in [9.17, 15) is 4.79 Å². The zero-order valence-corrected chi connectivity index (χ0v) is 9.94. The van der Waals surface area contributed by atoms with Gasteiger partial charge in [0.2, 0.25) is 0 Å². The summed E-state index contributed by atoms with van der Waals surface area (Å²) in [5.74, 6) is 2.22. The quantitative estimate of drug-likeness (QED) is 0.855. The number of aromatic nitrogens is 2. The average molecular weight is 246 g/mol. The molecule has 2 heterocycles. The molecule has 1 aliphatic heterocycles. The number of thioether (sulfide) groups is 1. The summed E-state index contributed by atoms with van der Waals surface area (Å²) in [5, 5.41) is 7.41. The van der Waals surface area contributed by atoms with Crippen LogP contribution >= 0.6 is 23.4 Å². The SMILES string of the molecule is Cn1ncc(NC2CCSC2)c(Cl)c1=O. The molecule has 6 heteroatoms. The van der Waals surface area contributed by atoms with Crippen LogP contribution in [-0.4, -0.2) is 27.3 Å². The highest BCUT2D eigenvalue weighted by Gasteiger charge is 2.17. The molecule has 0 amide bonds. The third-order valence-electron chi connectivity index (χ3n) is 2.37. The standard InChI is InChI=1S/C9H12ClN3OS/c1-13-9(14)8(10)7(4-11-13)12-6-2-3-15-5-6/h4,6,12H,2-3,5H2,1H3. The number of halogens is 1. The fraction of sp³-hybridized carbons (Fsp3) is 0.556. The van der Waals surface area contributed by atoms with Gasteiger partial charge in [0.15, 0.2) is 0 Å². The number of nitrogens with zero attached hydrogens (tertiary/aromatic N) is 2. The first kappa shape index (κ1) is 10.8. The maximum Gasteiger partial charge on any atom is 0.287 e. The number of anilines is 1. The van der Waals surface area contributed by atoms with Crippen molar-refractivity contribution < 1.29 is 0 Å². The molecule has 15 heavy (non-hydrogen) atoms. The van der Waals surface area contributed by atoms with Gasteiger partial charge in [-0.1, -0.05) is 11.6 Å².